The highest BCUT2D eigenvalue weighted by Gasteiger charge is 2.21. The highest BCUT2D eigenvalue weighted by Crippen LogP contribution is 2.29. The second-order valence-electron chi connectivity index (χ2n) is 6.93. The number of aryl methyl sites for hydroxylation is 3. The summed E-state index contributed by atoms with van der Waals surface area (Å²) in [6.45, 7) is 3.83. The molecule has 0 aromatic heterocycles. The predicted molar refractivity (Wildman–Crippen MR) is 108 cm³/mol. The molecule has 4 nitrogen and oxygen atoms in total. The summed E-state index contributed by atoms with van der Waals surface area (Å²) in [6, 6.07) is 14.3. The van der Waals surface area contributed by atoms with Crippen molar-refractivity contribution in [2.75, 3.05) is 12.4 Å². The fraction of sp³-hybridized carbons (Fsp3) is 0.364. The second-order valence-corrected chi connectivity index (χ2v) is 7.95. The van der Waals surface area contributed by atoms with E-state index in [9.17, 15) is 9.59 Å². The predicted octanol–water partition coefficient (Wildman–Crippen LogP) is 4.13. The van der Waals surface area contributed by atoms with Crippen LogP contribution in [-0.2, 0) is 20.7 Å². The van der Waals surface area contributed by atoms with Crippen molar-refractivity contribution in [1.29, 1.82) is 0 Å². The van der Waals surface area contributed by atoms with Crippen LogP contribution in [0.1, 0.15) is 41.1 Å². The van der Waals surface area contributed by atoms with Crippen LogP contribution in [0.3, 0.4) is 0 Å². The zero-order chi connectivity index (χ0) is 19.2. The third-order valence-corrected chi connectivity index (χ3v) is 5.89. The summed E-state index contributed by atoms with van der Waals surface area (Å²) in [6.07, 6.45) is 3.01. The number of rotatable bonds is 6. The highest BCUT2D eigenvalue weighted by atomic mass is 32.2. The molecule has 1 aliphatic carbocycles. The summed E-state index contributed by atoms with van der Waals surface area (Å²) in [5.74, 6) is -0.426. The SMILES string of the molecule is Cc1ccc(SCC(=O)OCC(=O)N[C@H]2CCCc3ccccc32)c(C)c1. The molecule has 0 heterocycles. The molecule has 2 aromatic rings. The average molecular weight is 384 g/mol. The summed E-state index contributed by atoms with van der Waals surface area (Å²) in [5.41, 5.74) is 4.80. The van der Waals surface area contributed by atoms with Gasteiger partial charge in [-0.25, -0.2) is 0 Å². The number of carbonyl (C=O) groups excluding carboxylic acids is 2. The van der Waals surface area contributed by atoms with Gasteiger partial charge < -0.3 is 10.1 Å². The lowest BCUT2D eigenvalue weighted by Crippen LogP contribution is -2.34. The zero-order valence-electron chi connectivity index (χ0n) is 15.8. The van der Waals surface area contributed by atoms with Crippen molar-refractivity contribution in [1.82, 2.24) is 5.32 Å². The van der Waals surface area contributed by atoms with E-state index in [4.69, 9.17) is 4.74 Å². The molecule has 0 saturated carbocycles. The normalized spacial score (nSPS) is 15.7. The molecule has 1 N–H and O–H groups in total. The minimum absolute atomic E-state index is 0.00531. The van der Waals surface area contributed by atoms with Crippen LogP contribution in [-0.4, -0.2) is 24.2 Å². The lowest BCUT2D eigenvalue weighted by molar-refractivity contribution is -0.146. The largest absolute Gasteiger partial charge is 0.455 e. The number of hydrogen-bond donors (Lipinski definition) is 1. The van der Waals surface area contributed by atoms with E-state index in [2.05, 4.69) is 23.5 Å². The molecule has 0 bridgehead atoms. The second kappa shape index (κ2) is 9.09. The summed E-state index contributed by atoms with van der Waals surface area (Å²) in [5, 5.41) is 3.00. The van der Waals surface area contributed by atoms with Crippen LogP contribution >= 0.6 is 11.8 Å². The standard InChI is InChI=1S/C22H25NO3S/c1-15-10-11-20(16(2)12-15)27-14-22(25)26-13-21(24)23-19-9-5-7-17-6-3-4-8-18(17)19/h3-4,6,8,10-12,19H,5,7,9,13-14H2,1-2H3,(H,23,24)/t19-/m0/s1. The van der Waals surface area contributed by atoms with Gasteiger partial charge in [-0.05, 0) is 55.9 Å². The van der Waals surface area contributed by atoms with Crippen molar-refractivity contribution in [3.05, 3.63) is 64.7 Å². The van der Waals surface area contributed by atoms with E-state index < -0.39 is 0 Å². The van der Waals surface area contributed by atoms with Crippen LogP contribution in [0, 0.1) is 13.8 Å². The van der Waals surface area contributed by atoms with Gasteiger partial charge in [0.2, 0.25) is 0 Å². The van der Waals surface area contributed by atoms with Crippen LogP contribution in [0.4, 0.5) is 0 Å². The molecule has 0 spiro atoms. The Balaban J connectivity index is 1.45. The first-order valence-electron chi connectivity index (χ1n) is 9.26. The van der Waals surface area contributed by atoms with Gasteiger partial charge in [0.05, 0.1) is 11.8 Å². The highest BCUT2D eigenvalue weighted by molar-refractivity contribution is 8.00. The average Bonchev–Trinajstić information content (AvgIpc) is 2.66. The van der Waals surface area contributed by atoms with Crippen LogP contribution < -0.4 is 5.32 Å². The Hall–Kier alpha value is -2.27. The number of nitrogens with one attached hydrogen (secondary N) is 1. The van der Waals surface area contributed by atoms with Gasteiger partial charge in [0.1, 0.15) is 0 Å². The molecule has 5 heteroatoms. The number of thioether (sulfide) groups is 1. The van der Waals surface area contributed by atoms with Crippen molar-refractivity contribution in [2.45, 2.75) is 44.0 Å². The Kier molecular flexibility index (Phi) is 6.56. The number of amides is 1. The van der Waals surface area contributed by atoms with Crippen molar-refractivity contribution < 1.29 is 14.3 Å². The van der Waals surface area contributed by atoms with Crippen molar-refractivity contribution >= 4 is 23.6 Å². The Labute approximate surface area is 164 Å². The molecule has 2 aromatic carbocycles. The van der Waals surface area contributed by atoms with E-state index in [1.165, 1.54) is 28.5 Å². The van der Waals surface area contributed by atoms with Crippen LogP contribution in [0.15, 0.2) is 47.4 Å². The van der Waals surface area contributed by atoms with E-state index in [1.807, 2.05) is 38.1 Å². The van der Waals surface area contributed by atoms with Gasteiger partial charge in [0, 0.05) is 4.90 Å². The van der Waals surface area contributed by atoms with Gasteiger partial charge in [-0.1, -0.05) is 42.0 Å². The van der Waals surface area contributed by atoms with E-state index in [-0.39, 0.29) is 30.3 Å². The third kappa shape index (κ3) is 5.36. The molecule has 1 aliphatic rings. The van der Waals surface area contributed by atoms with Gasteiger partial charge in [0.15, 0.2) is 6.61 Å². The van der Waals surface area contributed by atoms with Crippen LogP contribution in [0.2, 0.25) is 0 Å². The van der Waals surface area contributed by atoms with Crippen molar-refractivity contribution in [3.63, 3.8) is 0 Å². The Morgan fingerprint density at radius 2 is 2.00 bits per heavy atom. The number of esters is 1. The number of ether oxygens (including phenoxy) is 1. The Morgan fingerprint density at radius 1 is 1.19 bits per heavy atom. The summed E-state index contributed by atoms with van der Waals surface area (Å²) in [7, 11) is 0. The molecule has 0 saturated heterocycles. The molecule has 3 rings (SSSR count). The molecule has 0 radical (unpaired) electrons. The molecule has 0 unspecified atom stereocenters. The lowest BCUT2D eigenvalue weighted by Gasteiger charge is -2.26. The van der Waals surface area contributed by atoms with E-state index in [0.29, 0.717) is 0 Å². The molecule has 0 aliphatic heterocycles. The number of benzene rings is 2. The molecular formula is C22H25NO3S. The molecule has 1 atom stereocenters. The summed E-state index contributed by atoms with van der Waals surface area (Å²) in [4.78, 5) is 25.2. The van der Waals surface area contributed by atoms with Gasteiger partial charge in [-0.3, -0.25) is 9.59 Å². The minimum Gasteiger partial charge on any atom is -0.455 e. The first-order valence-corrected chi connectivity index (χ1v) is 10.2. The quantitative estimate of drug-likeness (QED) is 0.602. The molecule has 27 heavy (non-hydrogen) atoms. The number of fused-ring (bicyclic) bond motifs is 1. The van der Waals surface area contributed by atoms with Gasteiger partial charge in [0.25, 0.3) is 5.91 Å². The van der Waals surface area contributed by atoms with Crippen LogP contribution in [0.5, 0.6) is 0 Å². The summed E-state index contributed by atoms with van der Waals surface area (Å²) >= 11 is 1.44. The molecular weight excluding hydrogens is 358 g/mol. The topological polar surface area (TPSA) is 55.4 Å². The number of hydrogen-bond acceptors (Lipinski definition) is 4. The monoisotopic (exact) mass is 383 g/mol. The maximum atomic E-state index is 12.2. The van der Waals surface area contributed by atoms with Crippen molar-refractivity contribution in [2.24, 2.45) is 0 Å². The smallest absolute Gasteiger partial charge is 0.316 e. The Bertz CT molecular complexity index is 834. The maximum absolute atomic E-state index is 12.2. The first kappa shape index (κ1) is 19.5. The molecule has 0 fully saturated rings. The summed E-state index contributed by atoms with van der Waals surface area (Å²) < 4.78 is 5.15. The van der Waals surface area contributed by atoms with E-state index in [0.717, 1.165) is 29.7 Å². The van der Waals surface area contributed by atoms with Crippen molar-refractivity contribution in [3.8, 4) is 0 Å². The lowest BCUT2D eigenvalue weighted by atomic mass is 9.88. The van der Waals surface area contributed by atoms with E-state index in [1.54, 1.807) is 0 Å². The minimum atomic E-state index is -0.376. The number of carbonyl (C=O) groups is 2. The van der Waals surface area contributed by atoms with Gasteiger partial charge in [-0.15, -0.1) is 11.8 Å². The maximum Gasteiger partial charge on any atom is 0.316 e. The third-order valence-electron chi connectivity index (χ3n) is 4.74. The van der Waals surface area contributed by atoms with Crippen LogP contribution in [0.25, 0.3) is 0 Å². The molecule has 1 amide bonds. The Morgan fingerprint density at radius 3 is 2.81 bits per heavy atom. The molecule has 142 valence electrons. The first-order chi connectivity index (χ1) is 13.0. The fourth-order valence-electron chi connectivity index (χ4n) is 3.43. The van der Waals surface area contributed by atoms with E-state index >= 15 is 0 Å². The van der Waals surface area contributed by atoms with Gasteiger partial charge in [-0.2, -0.15) is 0 Å². The fourth-order valence-corrected chi connectivity index (χ4v) is 4.23. The van der Waals surface area contributed by atoms with Gasteiger partial charge >= 0.3 is 5.97 Å². The zero-order valence-corrected chi connectivity index (χ0v) is 16.6.